The molecule has 1 aromatic carbocycles. The number of aryl methyl sites for hydroxylation is 1. The first-order valence-corrected chi connectivity index (χ1v) is 12.3. The second-order valence-corrected chi connectivity index (χ2v) is 9.81. The number of piperidine rings is 1. The molecule has 0 radical (unpaired) electrons. The topological polar surface area (TPSA) is 78.4 Å². The molecule has 5 rings (SSSR count). The SMILES string of the molecule is CC1CCN(c2ccc(CNC(=O)CN3CCCc4nc(C5CC5)ncc4C3=O)cc2)CC1. The molecule has 1 aromatic heterocycles. The van der Waals surface area contributed by atoms with E-state index in [0.717, 1.165) is 61.8 Å². The van der Waals surface area contributed by atoms with Gasteiger partial charge in [0, 0.05) is 44.0 Å². The number of hydrogen-bond acceptors (Lipinski definition) is 5. The minimum Gasteiger partial charge on any atom is -0.372 e. The molecular weight excluding hydrogens is 414 g/mol. The van der Waals surface area contributed by atoms with Crippen LogP contribution in [0, 0.1) is 5.92 Å². The molecule has 1 saturated heterocycles. The van der Waals surface area contributed by atoms with E-state index in [0.29, 0.717) is 24.6 Å². The van der Waals surface area contributed by atoms with Crippen molar-refractivity contribution >= 4 is 17.5 Å². The van der Waals surface area contributed by atoms with Gasteiger partial charge in [0.05, 0.1) is 17.8 Å². The lowest BCUT2D eigenvalue weighted by Gasteiger charge is -2.32. The first kappa shape index (κ1) is 21.9. The predicted molar refractivity (Wildman–Crippen MR) is 127 cm³/mol. The molecule has 2 aromatic rings. The van der Waals surface area contributed by atoms with Gasteiger partial charge in [-0.1, -0.05) is 19.1 Å². The molecule has 1 saturated carbocycles. The number of aromatic nitrogens is 2. The molecule has 1 aliphatic carbocycles. The number of amides is 2. The average molecular weight is 448 g/mol. The van der Waals surface area contributed by atoms with E-state index in [1.807, 2.05) is 0 Å². The molecule has 7 heteroatoms. The Morgan fingerprint density at radius 2 is 1.85 bits per heavy atom. The molecule has 2 aliphatic heterocycles. The Labute approximate surface area is 195 Å². The van der Waals surface area contributed by atoms with Crippen LogP contribution in [0.15, 0.2) is 30.5 Å². The largest absolute Gasteiger partial charge is 0.372 e. The quantitative estimate of drug-likeness (QED) is 0.735. The van der Waals surface area contributed by atoms with Crippen molar-refractivity contribution in [1.82, 2.24) is 20.2 Å². The molecule has 2 fully saturated rings. The first-order chi connectivity index (χ1) is 16.1. The van der Waals surface area contributed by atoms with Crippen molar-refractivity contribution in [3.8, 4) is 0 Å². The Bertz CT molecular complexity index is 1010. The summed E-state index contributed by atoms with van der Waals surface area (Å²) in [5.41, 5.74) is 3.69. The van der Waals surface area contributed by atoms with E-state index < -0.39 is 0 Å². The van der Waals surface area contributed by atoms with Crippen molar-refractivity contribution in [1.29, 1.82) is 0 Å². The van der Waals surface area contributed by atoms with Gasteiger partial charge in [-0.05, 0) is 62.1 Å². The minimum atomic E-state index is -0.142. The standard InChI is InChI=1S/C26H33N5O2/c1-18-10-13-30(14-11-18)21-8-4-19(5-9-21)15-27-24(32)17-31-12-2-3-23-22(26(31)33)16-28-25(29-23)20-6-7-20/h4-5,8-9,16,18,20H,2-3,6-7,10-15,17H2,1H3,(H,27,32). The van der Waals surface area contributed by atoms with Gasteiger partial charge in [0.2, 0.25) is 5.91 Å². The molecule has 3 heterocycles. The van der Waals surface area contributed by atoms with Gasteiger partial charge in [-0.2, -0.15) is 0 Å². The molecule has 0 spiro atoms. The normalized spacial score (nSPS) is 19.2. The Balaban J connectivity index is 1.14. The maximum atomic E-state index is 13.0. The van der Waals surface area contributed by atoms with Crippen molar-refractivity contribution in [2.24, 2.45) is 5.92 Å². The van der Waals surface area contributed by atoms with E-state index in [2.05, 4.69) is 51.4 Å². The summed E-state index contributed by atoms with van der Waals surface area (Å²) in [6.45, 7) is 5.62. The fourth-order valence-corrected chi connectivity index (χ4v) is 4.72. The van der Waals surface area contributed by atoms with Crippen molar-refractivity contribution in [3.05, 3.63) is 53.1 Å². The summed E-state index contributed by atoms with van der Waals surface area (Å²) >= 11 is 0. The fraction of sp³-hybridized carbons (Fsp3) is 0.538. The van der Waals surface area contributed by atoms with Gasteiger partial charge in [0.25, 0.3) is 5.91 Å². The third kappa shape index (κ3) is 5.18. The number of nitrogens with zero attached hydrogens (tertiary/aromatic N) is 4. The summed E-state index contributed by atoms with van der Waals surface area (Å²) in [5, 5.41) is 2.97. The molecule has 0 atom stereocenters. The van der Waals surface area contributed by atoms with Gasteiger partial charge >= 0.3 is 0 Å². The van der Waals surface area contributed by atoms with Crippen LogP contribution in [-0.2, 0) is 17.8 Å². The number of anilines is 1. The highest BCUT2D eigenvalue weighted by molar-refractivity contribution is 5.97. The Kier molecular flexibility index (Phi) is 6.29. The van der Waals surface area contributed by atoms with Crippen molar-refractivity contribution in [2.45, 2.75) is 57.9 Å². The zero-order valence-electron chi connectivity index (χ0n) is 19.4. The number of nitrogens with one attached hydrogen (secondary N) is 1. The van der Waals surface area contributed by atoms with E-state index in [4.69, 9.17) is 0 Å². The van der Waals surface area contributed by atoms with Gasteiger partial charge in [-0.15, -0.1) is 0 Å². The average Bonchev–Trinajstić information content (AvgIpc) is 3.69. The number of hydrogen-bond donors (Lipinski definition) is 1. The van der Waals surface area contributed by atoms with Crippen molar-refractivity contribution in [3.63, 3.8) is 0 Å². The van der Waals surface area contributed by atoms with Crippen LogP contribution in [-0.4, -0.2) is 52.9 Å². The molecule has 33 heavy (non-hydrogen) atoms. The molecule has 2 amide bonds. The number of rotatable bonds is 6. The van der Waals surface area contributed by atoms with E-state index >= 15 is 0 Å². The van der Waals surface area contributed by atoms with Crippen LogP contribution in [0.5, 0.6) is 0 Å². The Morgan fingerprint density at radius 3 is 2.58 bits per heavy atom. The maximum absolute atomic E-state index is 13.0. The van der Waals surface area contributed by atoms with Crippen LogP contribution < -0.4 is 10.2 Å². The molecular formula is C26H33N5O2. The molecule has 3 aliphatic rings. The van der Waals surface area contributed by atoms with Crippen LogP contribution in [0.3, 0.4) is 0 Å². The minimum absolute atomic E-state index is 0.0622. The number of carbonyl (C=O) groups excluding carboxylic acids is 2. The van der Waals surface area contributed by atoms with Gasteiger partial charge in [-0.25, -0.2) is 9.97 Å². The summed E-state index contributed by atoms with van der Waals surface area (Å²) in [6.07, 6.45) is 7.99. The van der Waals surface area contributed by atoms with E-state index in [-0.39, 0.29) is 18.4 Å². The Morgan fingerprint density at radius 1 is 1.09 bits per heavy atom. The highest BCUT2D eigenvalue weighted by Crippen LogP contribution is 2.38. The van der Waals surface area contributed by atoms with E-state index in [9.17, 15) is 9.59 Å². The third-order valence-electron chi connectivity index (χ3n) is 7.10. The molecule has 1 N–H and O–H groups in total. The van der Waals surface area contributed by atoms with Gasteiger partial charge in [-0.3, -0.25) is 9.59 Å². The lowest BCUT2D eigenvalue weighted by atomic mass is 9.99. The molecule has 0 bridgehead atoms. The van der Waals surface area contributed by atoms with Crippen LogP contribution in [0.25, 0.3) is 0 Å². The van der Waals surface area contributed by atoms with Crippen LogP contribution >= 0.6 is 0 Å². The predicted octanol–water partition coefficient (Wildman–Crippen LogP) is 3.30. The molecule has 174 valence electrons. The smallest absolute Gasteiger partial charge is 0.257 e. The summed E-state index contributed by atoms with van der Waals surface area (Å²) in [4.78, 5) is 38.8. The van der Waals surface area contributed by atoms with E-state index in [1.165, 1.54) is 18.5 Å². The highest BCUT2D eigenvalue weighted by atomic mass is 16.2. The van der Waals surface area contributed by atoms with Crippen LogP contribution in [0.4, 0.5) is 5.69 Å². The summed E-state index contributed by atoms with van der Waals surface area (Å²) in [5.74, 6) is 1.87. The zero-order chi connectivity index (χ0) is 22.8. The first-order valence-electron chi connectivity index (χ1n) is 12.3. The second-order valence-electron chi connectivity index (χ2n) is 9.81. The van der Waals surface area contributed by atoms with Crippen molar-refractivity contribution in [2.75, 3.05) is 31.1 Å². The lowest BCUT2D eigenvalue weighted by molar-refractivity contribution is -0.122. The van der Waals surface area contributed by atoms with Crippen LogP contribution in [0.2, 0.25) is 0 Å². The van der Waals surface area contributed by atoms with E-state index in [1.54, 1.807) is 11.1 Å². The number of fused-ring (bicyclic) bond motifs is 1. The van der Waals surface area contributed by atoms with Crippen LogP contribution in [0.1, 0.15) is 72.4 Å². The summed E-state index contributed by atoms with van der Waals surface area (Å²) in [6, 6.07) is 8.44. The highest BCUT2D eigenvalue weighted by Gasteiger charge is 2.30. The van der Waals surface area contributed by atoms with Gasteiger partial charge in [0.15, 0.2) is 0 Å². The Hall–Kier alpha value is -2.96. The number of carbonyl (C=O) groups is 2. The lowest BCUT2D eigenvalue weighted by Crippen LogP contribution is -2.40. The zero-order valence-corrected chi connectivity index (χ0v) is 19.4. The molecule has 0 unspecified atom stereocenters. The third-order valence-corrected chi connectivity index (χ3v) is 7.10. The summed E-state index contributed by atoms with van der Waals surface area (Å²) < 4.78 is 0. The van der Waals surface area contributed by atoms with Crippen molar-refractivity contribution < 1.29 is 9.59 Å². The molecule has 7 nitrogen and oxygen atoms in total. The maximum Gasteiger partial charge on any atom is 0.257 e. The van der Waals surface area contributed by atoms with Gasteiger partial charge < -0.3 is 15.1 Å². The monoisotopic (exact) mass is 447 g/mol. The fourth-order valence-electron chi connectivity index (χ4n) is 4.72. The number of benzene rings is 1. The summed E-state index contributed by atoms with van der Waals surface area (Å²) in [7, 11) is 0. The second kappa shape index (κ2) is 9.49. The van der Waals surface area contributed by atoms with Gasteiger partial charge in [0.1, 0.15) is 5.82 Å².